The Morgan fingerprint density at radius 2 is 0.844 bits per heavy atom. The maximum atomic E-state index is 13.0. The van der Waals surface area contributed by atoms with E-state index in [-0.39, 0.29) is 135 Å². The van der Waals surface area contributed by atoms with Gasteiger partial charge in [-0.05, 0) is 20.3 Å². The van der Waals surface area contributed by atoms with Gasteiger partial charge in [-0.25, -0.2) is 0 Å². The molecule has 0 saturated heterocycles. The maximum absolute atomic E-state index is 13.0. The van der Waals surface area contributed by atoms with Gasteiger partial charge in [-0.3, -0.25) is 33.6 Å². The average Bonchev–Trinajstić information content (AvgIpc) is 3.39. The first-order chi connectivity index (χ1) is 36.8. The lowest BCUT2D eigenvalue weighted by Gasteiger charge is -2.19. The highest BCUT2D eigenvalue weighted by atomic mass is 19.4. The van der Waals surface area contributed by atoms with Crippen molar-refractivity contribution in [3.63, 3.8) is 0 Å². The molecule has 26 nitrogen and oxygen atoms in total. The zero-order valence-corrected chi connectivity index (χ0v) is 46.2. The van der Waals surface area contributed by atoms with Crippen LogP contribution in [0.5, 0.6) is 0 Å². The summed E-state index contributed by atoms with van der Waals surface area (Å²) in [6, 6.07) is -1.60. The van der Waals surface area contributed by atoms with Gasteiger partial charge in [0.15, 0.2) is 0 Å². The highest BCUT2D eigenvalue weighted by molar-refractivity contribution is 5.88. The number of carbonyl (C=O) groups is 8. The number of amides is 6. The van der Waals surface area contributed by atoms with Crippen LogP contribution in [0.25, 0.3) is 0 Å². The third kappa shape index (κ3) is 75.4. The van der Waals surface area contributed by atoms with Crippen molar-refractivity contribution >= 4 is 48.2 Å². The minimum absolute atomic E-state index is 0.00218. The van der Waals surface area contributed by atoms with Gasteiger partial charge in [0.05, 0.1) is 132 Å². The maximum Gasteiger partial charge on any atom is 0.386 e. The molecule has 0 radical (unpaired) electrons. The molecule has 0 aromatic rings. The van der Waals surface area contributed by atoms with Crippen LogP contribution in [0.1, 0.15) is 66.2 Å². The molecule has 0 rings (SSSR count). The summed E-state index contributed by atoms with van der Waals surface area (Å²) >= 11 is 0. The fraction of sp³-hybridized carbons (Fsp3) is 0.792. The van der Waals surface area contributed by atoms with Crippen LogP contribution in [-0.4, -0.2) is 237 Å². The lowest BCUT2D eigenvalue weighted by Crippen LogP contribution is -2.48. The van der Waals surface area contributed by atoms with Gasteiger partial charge in [-0.15, -0.1) is 6.58 Å². The molecular weight excluding hydrogens is 1040 g/mol. The molecular formula is C48H92F3N7O19. The normalized spacial score (nSPS) is 11.1. The third-order valence-electron chi connectivity index (χ3n) is 8.31. The molecule has 0 aliphatic heterocycles. The average molecular weight is 1130 g/mol. The number of carboxylic acids is 1. The number of allylic oxidation sites excluding steroid dienone is 1. The van der Waals surface area contributed by atoms with Crippen molar-refractivity contribution in [1.82, 2.24) is 31.9 Å². The van der Waals surface area contributed by atoms with Gasteiger partial charge < -0.3 is 94.9 Å². The van der Waals surface area contributed by atoms with Gasteiger partial charge >= 0.3 is 12.1 Å². The summed E-state index contributed by atoms with van der Waals surface area (Å²) in [6.07, 6.45) is -1.61. The molecule has 6 amide bonds. The van der Waals surface area contributed by atoms with Crippen LogP contribution in [0.3, 0.4) is 0 Å². The summed E-state index contributed by atoms with van der Waals surface area (Å²) in [5.74, 6) is -2.61. The first-order valence-electron chi connectivity index (χ1n) is 25.0. The molecule has 2 atom stereocenters. The van der Waals surface area contributed by atoms with E-state index in [1.165, 1.54) is 7.05 Å². The molecule has 454 valence electrons. The van der Waals surface area contributed by atoms with Gasteiger partial charge in [0, 0.05) is 72.8 Å². The predicted molar refractivity (Wildman–Crippen MR) is 277 cm³/mol. The number of rotatable bonds is 46. The largest absolute Gasteiger partial charge is 0.481 e. The smallest absolute Gasteiger partial charge is 0.386 e. The number of ether oxygens (including phenoxy) is 10. The van der Waals surface area contributed by atoms with Crippen LogP contribution in [0.4, 0.5) is 13.2 Å². The molecule has 0 aliphatic rings. The summed E-state index contributed by atoms with van der Waals surface area (Å²) in [5.41, 5.74) is 5.35. The summed E-state index contributed by atoms with van der Waals surface area (Å²) in [6.45, 7) is 17.8. The van der Waals surface area contributed by atoms with Gasteiger partial charge in [0.2, 0.25) is 35.4 Å². The van der Waals surface area contributed by atoms with Crippen molar-refractivity contribution in [2.24, 2.45) is 5.73 Å². The van der Waals surface area contributed by atoms with Crippen LogP contribution in [0, 0.1) is 0 Å². The van der Waals surface area contributed by atoms with Gasteiger partial charge in [0.25, 0.3) is 0 Å². The summed E-state index contributed by atoms with van der Waals surface area (Å²) in [4.78, 5) is 90.1. The standard InChI is InChI=1S/C39H75N7O16.C3H6O2.C3H6.C2H3F3.CH2O/c1-32(38(51)42-3)45-36(49)7-13-54-19-25-60-28-22-57-16-10-43-35(48)5-4-33(39(52)44-11-17-58-23-29-59-24-18-53-12-6-34(47)41-2)46-37(50)8-14-55-20-26-61-30-31-62-27-21-56-15-9-40;1-2-3(4)5;1-3-2;1-2(3,4)5;1-2/h32-33H,4-31,40H2,1-3H3,(H,41,47)(H,42,51)(H,43,48)(H,44,52)(H,45,49)(H,46,50);2H2,1H3,(H,4,5);3H,1H2,2H3;1H3;1H2/t32-,33-;;;;/m0..../s1. The molecule has 0 spiro atoms. The number of aliphatic carboxylic acids is 1. The molecule has 0 aromatic heterocycles. The highest BCUT2D eigenvalue weighted by Crippen LogP contribution is 2.10. The number of hydrogen-bond donors (Lipinski definition) is 8. The Bertz CT molecular complexity index is 1440. The molecule has 0 saturated carbocycles. The third-order valence-corrected chi connectivity index (χ3v) is 8.31. The Labute approximate surface area is 452 Å². The number of nitrogens with one attached hydrogen (secondary N) is 6. The van der Waals surface area contributed by atoms with E-state index in [0.29, 0.717) is 85.8 Å². The molecule has 9 N–H and O–H groups in total. The summed E-state index contributed by atoms with van der Waals surface area (Å²) in [7, 11) is 3.06. The van der Waals surface area contributed by atoms with E-state index in [9.17, 15) is 46.7 Å². The van der Waals surface area contributed by atoms with E-state index in [4.69, 9.17) is 63.0 Å². The van der Waals surface area contributed by atoms with Crippen molar-refractivity contribution in [2.45, 2.75) is 84.5 Å². The molecule has 0 heterocycles. The number of hydrogen-bond acceptors (Lipinski definition) is 19. The lowest BCUT2D eigenvalue weighted by molar-refractivity contribution is -0.136. The van der Waals surface area contributed by atoms with Gasteiger partial charge in [0.1, 0.15) is 18.9 Å². The molecule has 29 heteroatoms. The second-order valence-electron chi connectivity index (χ2n) is 15.0. The van der Waals surface area contributed by atoms with Crippen molar-refractivity contribution < 1.29 is 104 Å². The number of carbonyl (C=O) groups excluding carboxylic acids is 7. The van der Waals surface area contributed by atoms with E-state index < -0.39 is 36.0 Å². The van der Waals surface area contributed by atoms with Gasteiger partial charge in [-0.1, -0.05) is 13.0 Å². The fourth-order valence-electron chi connectivity index (χ4n) is 4.68. The zero-order valence-electron chi connectivity index (χ0n) is 46.2. The summed E-state index contributed by atoms with van der Waals surface area (Å²) < 4.78 is 85.1. The molecule has 0 bridgehead atoms. The quantitative estimate of drug-likeness (QED) is 0.0290. The number of likely N-dealkylation sites (N-methyl/N-ethyl adjacent to an activating group) is 1. The van der Waals surface area contributed by atoms with Crippen molar-refractivity contribution in [3.8, 4) is 0 Å². The van der Waals surface area contributed by atoms with Crippen LogP contribution < -0.4 is 37.6 Å². The Hall–Kier alpha value is -4.95. The predicted octanol–water partition coefficient (Wildman–Crippen LogP) is -0.168. The van der Waals surface area contributed by atoms with E-state index >= 15 is 0 Å². The SMILES string of the molecule is C=CC.C=O.CC(F)(F)F.CCC(=O)O.CNC(=O)CCOCCOCCOCCNC(=O)[C@H](CCC(=O)NCCOCCOCCOCCC(=O)N[C@@H](C)C(=O)NC)NC(=O)CCOCCOCCOCCOCCN. The topological polar surface area (TPSA) is 347 Å². The summed E-state index contributed by atoms with van der Waals surface area (Å²) in [5, 5.41) is 23.4. The van der Waals surface area contributed by atoms with Crippen LogP contribution >= 0.6 is 0 Å². The van der Waals surface area contributed by atoms with Crippen molar-refractivity contribution in [2.75, 3.05) is 166 Å². The molecule has 0 unspecified atom stereocenters. The van der Waals surface area contributed by atoms with E-state index in [0.717, 1.165) is 0 Å². The Morgan fingerprint density at radius 3 is 1.18 bits per heavy atom. The lowest BCUT2D eigenvalue weighted by atomic mass is 10.1. The van der Waals surface area contributed by atoms with Crippen molar-refractivity contribution in [3.05, 3.63) is 12.7 Å². The van der Waals surface area contributed by atoms with E-state index in [1.54, 1.807) is 27.0 Å². The first-order valence-corrected chi connectivity index (χ1v) is 25.0. The number of alkyl halides is 3. The van der Waals surface area contributed by atoms with E-state index in [1.807, 2.05) is 13.7 Å². The molecule has 0 aliphatic carbocycles. The highest BCUT2D eigenvalue weighted by Gasteiger charge is 2.22. The van der Waals surface area contributed by atoms with Crippen LogP contribution in [0.2, 0.25) is 0 Å². The Balaban J connectivity index is -0.00000101. The second-order valence-corrected chi connectivity index (χ2v) is 15.0. The van der Waals surface area contributed by atoms with Crippen molar-refractivity contribution in [1.29, 1.82) is 0 Å². The number of halogens is 3. The first kappa shape index (κ1) is 80.9. The van der Waals surface area contributed by atoms with Crippen LogP contribution in [-0.2, 0) is 85.7 Å². The Kier molecular flexibility index (Phi) is 66.8. The number of nitrogens with two attached hydrogens (primary N) is 1. The minimum Gasteiger partial charge on any atom is -0.481 e. The van der Waals surface area contributed by atoms with Crippen LogP contribution in [0.15, 0.2) is 12.7 Å². The van der Waals surface area contributed by atoms with E-state index in [2.05, 4.69) is 38.5 Å². The Morgan fingerprint density at radius 1 is 0.532 bits per heavy atom. The molecule has 0 fully saturated rings. The fourth-order valence-corrected chi connectivity index (χ4v) is 4.68. The number of carboxylic acid groups (broad SMARTS) is 1. The van der Waals surface area contributed by atoms with Gasteiger partial charge in [-0.2, -0.15) is 13.2 Å². The second kappa shape index (κ2) is 63.6. The zero-order chi connectivity index (χ0) is 59.2. The molecule has 0 aromatic carbocycles. The molecule has 77 heavy (non-hydrogen) atoms. The monoisotopic (exact) mass is 1130 g/mol. The minimum atomic E-state index is -4.00.